The van der Waals surface area contributed by atoms with Crippen molar-refractivity contribution in [2.45, 2.75) is 25.3 Å². The molecule has 0 amide bonds. The molecule has 0 aromatic carbocycles. The Kier molecular flexibility index (Phi) is 4.28. The van der Waals surface area contributed by atoms with Crippen LogP contribution in [0.3, 0.4) is 0 Å². The summed E-state index contributed by atoms with van der Waals surface area (Å²) in [4.78, 5) is 10.7. The molecule has 94 valence electrons. The first-order valence-electron chi connectivity index (χ1n) is 6.15. The van der Waals surface area contributed by atoms with E-state index in [1.54, 1.807) is 7.11 Å². The molecule has 1 saturated heterocycles. The lowest BCUT2D eigenvalue weighted by Crippen LogP contribution is -2.37. The average molecular weight is 236 g/mol. The van der Waals surface area contributed by atoms with Gasteiger partial charge in [-0.25, -0.2) is 9.97 Å². The second-order valence-electron chi connectivity index (χ2n) is 4.35. The van der Waals surface area contributed by atoms with Gasteiger partial charge in [-0.1, -0.05) is 6.42 Å². The molecular formula is C12H20N4O. The van der Waals surface area contributed by atoms with Crippen LogP contribution in [0.25, 0.3) is 0 Å². The maximum absolute atomic E-state index is 5.88. The van der Waals surface area contributed by atoms with Crippen molar-refractivity contribution in [2.24, 2.45) is 5.73 Å². The van der Waals surface area contributed by atoms with E-state index in [1.165, 1.54) is 19.3 Å². The molecule has 17 heavy (non-hydrogen) atoms. The Labute approximate surface area is 102 Å². The second kappa shape index (κ2) is 5.93. The van der Waals surface area contributed by atoms with Gasteiger partial charge in [0.2, 0.25) is 0 Å². The van der Waals surface area contributed by atoms with Crippen molar-refractivity contribution in [3.05, 3.63) is 18.0 Å². The van der Waals surface area contributed by atoms with E-state index in [4.69, 9.17) is 10.5 Å². The maximum atomic E-state index is 5.88. The van der Waals surface area contributed by atoms with E-state index in [-0.39, 0.29) is 6.04 Å². The Morgan fingerprint density at radius 3 is 2.47 bits per heavy atom. The molecule has 1 aromatic rings. The highest BCUT2D eigenvalue weighted by molar-refractivity contribution is 5.13. The minimum atomic E-state index is 0.237. The van der Waals surface area contributed by atoms with Crippen molar-refractivity contribution in [3.63, 3.8) is 0 Å². The number of nitrogens with two attached hydrogens (primary N) is 1. The van der Waals surface area contributed by atoms with E-state index in [2.05, 4.69) is 14.9 Å². The highest BCUT2D eigenvalue weighted by Crippen LogP contribution is 2.23. The number of methoxy groups -OCH3 is 1. The summed E-state index contributed by atoms with van der Waals surface area (Å²) >= 11 is 0. The van der Waals surface area contributed by atoms with Crippen molar-refractivity contribution in [3.8, 4) is 6.01 Å². The van der Waals surface area contributed by atoms with Gasteiger partial charge in [-0.2, -0.15) is 0 Å². The molecule has 0 radical (unpaired) electrons. The van der Waals surface area contributed by atoms with E-state index >= 15 is 0 Å². The molecule has 5 heteroatoms. The van der Waals surface area contributed by atoms with Crippen LogP contribution in [0.4, 0.5) is 0 Å². The van der Waals surface area contributed by atoms with Gasteiger partial charge in [0.25, 0.3) is 0 Å². The van der Waals surface area contributed by atoms with E-state index in [1.807, 2.05) is 12.4 Å². The topological polar surface area (TPSA) is 64.3 Å². The van der Waals surface area contributed by atoms with E-state index in [0.29, 0.717) is 12.6 Å². The lowest BCUT2D eigenvalue weighted by molar-refractivity contribution is 0.167. The molecule has 1 aromatic heterocycles. The first-order valence-corrected chi connectivity index (χ1v) is 6.15. The van der Waals surface area contributed by atoms with Crippen molar-refractivity contribution >= 4 is 0 Å². The molecule has 0 bridgehead atoms. The lowest BCUT2D eigenvalue weighted by Gasteiger charge is -2.33. The molecule has 2 rings (SSSR count). The molecule has 2 heterocycles. The summed E-state index contributed by atoms with van der Waals surface area (Å²) in [7, 11) is 1.57. The van der Waals surface area contributed by atoms with Gasteiger partial charge < -0.3 is 10.5 Å². The first-order chi connectivity index (χ1) is 8.35. The molecule has 0 aliphatic carbocycles. The third-order valence-electron chi connectivity index (χ3n) is 3.27. The molecule has 0 spiro atoms. The Morgan fingerprint density at radius 2 is 1.94 bits per heavy atom. The highest BCUT2D eigenvalue weighted by Gasteiger charge is 2.21. The van der Waals surface area contributed by atoms with Crippen LogP contribution >= 0.6 is 0 Å². The molecule has 0 saturated carbocycles. The van der Waals surface area contributed by atoms with Crippen LogP contribution in [0.1, 0.15) is 30.9 Å². The van der Waals surface area contributed by atoms with E-state index in [0.717, 1.165) is 18.7 Å². The van der Waals surface area contributed by atoms with Crippen LogP contribution in [0, 0.1) is 0 Å². The third-order valence-corrected chi connectivity index (χ3v) is 3.27. The molecule has 1 atom stereocenters. The van der Waals surface area contributed by atoms with E-state index in [9.17, 15) is 0 Å². The molecule has 5 nitrogen and oxygen atoms in total. The molecular weight excluding hydrogens is 216 g/mol. The minimum absolute atomic E-state index is 0.237. The predicted molar refractivity (Wildman–Crippen MR) is 65.8 cm³/mol. The molecule has 0 unspecified atom stereocenters. The molecule has 1 aliphatic rings. The van der Waals surface area contributed by atoms with Gasteiger partial charge in [0, 0.05) is 24.5 Å². The van der Waals surface area contributed by atoms with Gasteiger partial charge in [0.1, 0.15) is 0 Å². The van der Waals surface area contributed by atoms with Gasteiger partial charge in [-0.3, -0.25) is 4.90 Å². The van der Waals surface area contributed by atoms with Crippen LogP contribution in [-0.2, 0) is 0 Å². The van der Waals surface area contributed by atoms with Crippen molar-refractivity contribution in [2.75, 3.05) is 26.7 Å². The van der Waals surface area contributed by atoms with Gasteiger partial charge in [0.05, 0.1) is 13.2 Å². The fourth-order valence-corrected chi connectivity index (χ4v) is 2.33. The Morgan fingerprint density at radius 1 is 1.29 bits per heavy atom. The summed E-state index contributed by atoms with van der Waals surface area (Å²) in [6, 6.07) is 0.643. The Balaban J connectivity index is 2.10. The second-order valence-corrected chi connectivity index (χ2v) is 4.35. The predicted octanol–water partition coefficient (Wildman–Crippen LogP) is 0.971. The largest absolute Gasteiger partial charge is 0.467 e. The summed E-state index contributed by atoms with van der Waals surface area (Å²) in [6.45, 7) is 2.84. The van der Waals surface area contributed by atoms with Crippen LogP contribution in [0.5, 0.6) is 6.01 Å². The molecule has 2 N–H and O–H groups in total. The molecule has 1 fully saturated rings. The number of hydrogen-bond donors (Lipinski definition) is 1. The average Bonchev–Trinajstić information content (AvgIpc) is 2.42. The maximum Gasteiger partial charge on any atom is 0.316 e. The van der Waals surface area contributed by atoms with Gasteiger partial charge >= 0.3 is 6.01 Å². The van der Waals surface area contributed by atoms with Gasteiger partial charge in [0.15, 0.2) is 0 Å². The van der Waals surface area contributed by atoms with Crippen LogP contribution < -0.4 is 10.5 Å². The van der Waals surface area contributed by atoms with E-state index < -0.39 is 0 Å². The standard InChI is InChI=1S/C12H20N4O/c1-17-12-14-8-10(9-15-12)11(7-13)16-5-3-2-4-6-16/h8-9,11H,2-7,13H2,1H3/t11-/m0/s1. The van der Waals surface area contributed by atoms with Gasteiger partial charge in [-0.15, -0.1) is 0 Å². The van der Waals surface area contributed by atoms with Crippen LogP contribution in [0.15, 0.2) is 12.4 Å². The van der Waals surface area contributed by atoms with Gasteiger partial charge in [-0.05, 0) is 25.9 Å². The molecule has 1 aliphatic heterocycles. The number of piperidine rings is 1. The van der Waals surface area contributed by atoms with Crippen LogP contribution in [-0.4, -0.2) is 41.6 Å². The third kappa shape index (κ3) is 2.92. The normalized spacial score (nSPS) is 18.9. The minimum Gasteiger partial charge on any atom is -0.467 e. The summed E-state index contributed by atoms with van der Waals surface area (Å²) < 4.78 is 4.96. The Hall–Kier alpha value is -1.20. The SMILES string of the molecule is COc1ncc([C@H](CN)N2CCCCC2)cn1. The quantitative estimate of drug-likeness (QED) is 0.844. The number of rotatable bonds is 4. The smallest absolute Gasteiger partial charge is 0.316 e. The monoisotopic (exact) mass is 236 g/mol. The zero-order chi connectivity index (χ0) is 12.1. The number of nitrogens with zero attached hydrogens (tertiary/aromatic N) is 3. The number of likely N-dealkylation sites (tertiary alicyclic amines) is 1. The van der Waals surface area contributed by atoms with Crippen molar-refractivity contribution in [1.29, 1.82) is 0 Å². The zero-order valence-corrected chi connectivity index (χ0v) is 10.3. The number of aromatic nitrogens is 2. The van der Waals surface area contributed by atoms with Crippen molar-refractivity contribution < 1.29 is 4.74 Å². The fraction of sp³-hybridized carbons (Fsp3) is 0.667. The fourth-order valence-electron chi connectivity index (χ4n) is 2.33. The number of hydrogen-bond acceptors (Lipinski definition) is 5. The highest BCUT2D eigenvalue weighted by atomic mass is 16.5. The first kappa shape index (κ1) is 12.3. The summed E-state index contributed by atoms with van der Waals surface area (Å²) in [5.41, 5.74) is 6.96. The summed E-state index contributed by atoms with van der Waals surface area (Å²) in [5, 5.41) is 0. The zero-order valence-electron chi connectivity index (χ0n) is 10.3. The summed E-state index contributed by atoms with van der Waals surface area (Å²) in [5.74, 6) is 0. The lowest BCUT2D eigenvalue weighted by atomic mass is 10.0. The van der Waals surface area contributed by atoms with Crippen molar-refractivity contribution in [1.82, 2.24) is 14.9 Å². The number of ether oxygens (including phenoxy) is 1. The van der Waals surface area contributed by atoms with Crippen LogP contribution in [0.2, 0.25) is 0 Å². The Bertz CT molecular complexity index is 335. The summed E-state index contributed by atoms with van der Waals surface area (Å²) in [6.07, 6.45) is 7.48.